The molecule has 0 bridgehead atoms. The van der Waals surface area contributed by atoms with Crippen molar-refractivity contribution < 1.29 is 8.78 Å². The normalized spacial score (nSPS) is 18.7. The fourth-order valence-electron chi connectivity index (χ4n) is 3.23. The molecule has 2 aliphatic rings. The van der Waals surface area contributed by atoms with Crippen LogP contribution in [0.2, 0.25) is 0 Å². The lowest BCUT2D eigenvalue weighted by molar-refractivity contribution is 0.363. The van der Waals surface area contributed by atoms with E-state index < -0.39 is 11.6 Å². The summed E-state index contributed by atoms with van der Waals surface area (Å²) in [5.74, 6) is -1.14. The van der Waals surface area contributed by atoms with Gasteiger partial charge in [-0.3, -0.25) is 0 Å². The summed E-state index contributed by atoms with van der Waals surface area (Å²) < 4.78 is 27.5. The fourth-order valence-corrected chi connectivity index (χ4v) is 3.23. The molecule has 0 radical (unpaired) electrons. The van der Waals surface area contributed by atoms with Crippen molar-refractivity contribution in [2.45, 2.75) is 39.5 Å². The van der Waals surface area contributed by atoms with Crippen LogP contribution in [-0.2, 0) is 6.42 Å². The van der Waals surface area contributed by atoms with Crippen molar-refractivity contribution in [3.05, 3.63) is 76.9 Å². The molecule has 1 aromatic carbocycles. The molecule has 0 N–H and O–H groups in total. The van der Waals surface area contributed by atoms with E-state index in [1.807, 2.05) is 26.0 Å². The lowest BCUT2D eigenvalue weighted by Gasteiger charge is -2.28. The smallest absolute Gasteiger partial charge is 0.160 e. The van der Waals surface area contributed by atoms with E-state index in [1.54, 1.807) is 6.08 Å². The lowest BCUT2D eigenvalue weighted by Crippen LogP contribution is -2.16. The molecule has 130 valence electrons. The van der Waals surface area contributed by atoms with Crippen molar-refractivity contribution in [2.24, 2.45) is 10.9 Å². The fraction of sp³-hybridized carbons (Fsp3) is 0.318. The number of halogens is 2. The highest BCUT2D eigenvalue weighted by atomic mass is 19.2. The molecule has 0 saturated heterocycles. The number of hydrogen-bond donors (Lipinski definition) is 0. The Balaban J connectivity index is 2.12. The number of aliphatic imine (C=N–C) groups is 1. The van der Waals surface area contributed by atoms with Crippen LogP contribution in [-0.4, -0.2) is 5.71 Å². The average molecular weight is 339 g/mol. The van der Waals surface area contributed by atoms with Crippen molar-refractivity contribution in [1.29, 1.82) is 0 Å². The third kappa shape index (κ3) is 3.71. The van der Waals surface area contributed by atoms with Gasteiger partial charge in [-0.2, -0.15) is 0 Å². The average Bonchev–Trinajstić information content (AvgIpc) is 2.70. The highest BCUT2D eigenvalue weighted by molar-refractivity contribution is 6.12. The molecule has 1 fully saturated rings. The minimum atomic E-state index is -0.853. The Morgan fingerprint density at radius 2 is 1.96 bits per heavy atom. The van der Waals surface area contributed by atoms with Crippen LogP contribution < -0.4 is 0 Å². The number of hydrogen-bond acceptors (Lipinski definition) is 1. The van der Waals surface area contributed by atoms with E-state index in [4.69, 9.17) is 0 Å². The number of rotatable bonds is 4. The van der Waals surface area contributed by atoms with Gasteiger partial charge in [-0.1, -0.05) is 42.4 Å². The van der Waals surface area contributed by atoms with Crippen LogP contribution in [0, 0.1) is 17.6 Å². The third-order valence-electron chi connectivity index (χ3n) is 5.02. The number of benzene rings is 1. The minimum Gasteiger partial charge on any atom is -0.248 e. The van der Waals surface area contributed by atoms with Gasteiger partial charge >= 0.3 is 0 Å². The Morgan fingerprint density at radius 3 is 2.56 bits per heavy atom. The zero-order valence-corrected chi connectivity index (χ0v) is 14.8. The van der Waals surface area contributed by atoms with Gasteiger partial charge < -0.3 is 0 Å². The van der Waals surface area contributed by atoms with Crippen molar-refractivity contribution >= 4 is 11.4 Å². The van der Waals surface area contributed by atoms with Gasteiger partial charge in [0, 0.05) is 6.07 Å². The van der Waals surface area contributed by atoms with Crippen molar-refractivity contribution in [2.75, 3.05) is 0 Å². The topological polar surface area (TPSA) is 12.4 Å². The number of allylic oxidation sites excluding steroid dienone is 7. The summed E-state index contributed by atoms with van der Waals surface area (Å²) in [6, 6.07) is 2.50. The molecule has 1 aromatic rings. The summed E-state index contributed by atoms with van der Waals surface area (Å²) in [5.41, 5.74) is 5.33. The standard InChI is InChI=1S/C22H23F2N/c1-4-14(3)9-15(5-2)21-12-17(16-7-6-8-16)10-18-11-19(23)20(24)13-22(18)25-21/h4-5,9,11-13,16H,1,6-8,10H2,2-3H3/b14-9-,15-5+. The maximum absolute atomic E-state index is 13.7. The second kappa shape index (κ2) is 7.30. The summed E-state index contributed by atoms with van der Waals surface area (Å²) in [7, 11) is 0. The molecule has 1 nitrogen and oxygen atoms in total. The largest absolute Gasteiger partial charge is 0.248 e. The first kappa shape index (κ1) is 17.5. The van der Waals surface area contributed by atoms with E-state index >= 15 is 0 Å². The molecule has 0 unspecified atom stereocenters. The third-order valence-corrected chi connectivity index (χ3v) is 5.02. The summed E-state index contributed by atoms with van der Waals surface area (Å²) >= 11 is 0. The predicted molar refractivity (Wildman–Crippen MR) is 100 cm³/mol. The SMILES string of the molecule is C=C/C(C)=C\C(=C/C)C1=Nc2cc(F)c(F)cc2CC(C2CCC2)=C1. The van der Waals surface area contributed by atoms with Gasteiger partial charge in [0.1, 0.15) is 0 Å². The maximum atomic E-state index is 13.7. The second-order valence-corrected chi connectivity index (χ2v) is 6.75. The van der Waals surface area contributed by atoms with Crippen molar-refractivity contribution in [3.63, 3.8) is 0 Å². The predicted octanol–water partition coefficient (Wildman–Crippen LogP) is 6.40. The van der Waals surface area contributed by atoms with E-state index in [0.29, 0.717) is 18.0 Å². The highest BCUT2D eigenvalue weighted by Gasteiger charge is 2.25. The number of fused-ring (bicyclic) bond motifs is 1. The molecule has 1 aliphatic heterocycles. The summed E-state index contributed by atoms with van der Waals surface area (Å²) in [6.07, 6.45) is 12.1. The first-order valence-electron chi connectivity index (χ1n) is 8.76. The minimum absolute atomic E-state index is 0.517. The van der Waals surface area contributed by atoms with Crippen LogP contribution in [0.1, 0.15) is 38.7 Å². The Morgan fingerprint density at radius 1 is 1.24 bits per heavy atom. The van der Waals surface area contributed by atoms with Crippen LogP contribution in [0.3, 0.4) is 0 Å². The first-order valence-corrected chi connectivity index (χ1v) is 8.76. The molecule has 0 atom stereocenters. The Bertz CT molecular complexity index is 821. The zero-order valence-electron chi connectivity index (χ0n) is 14.8. The first-order chi connectivity index (χ1) is 12.0. The van der Waals surface area contributed by atoms with Gasteiger partial charge in [0.15, 0.2) is 11.6 Å². The van der Waals surface area contributed by atoms with Gasteiger partial charge in [-0.25, -0.2) is 13.8 Å². The zero-order chi connectivity index (χ0) is 18.0. The molecular weight excluding hydrogens is 316 g/mol. The number of nitrogens with zero attached hydrogens (tertiary/aromatic N) is 1. The summed E-state index contributed by atoms with van der Waals surface area (Å²) in [4.78, 5) is 4.68. The molecule has 25 heavy (non-hydrogen) atoms. The quantitative estimate of drug-likeness (QED) is 0.563. The second-order valence-electron chi connectivity index (χ2n) is 6.75. The van der Waals surface area contributed by atoms with Crippen LogP contribution in [0.5, 0.6) is 0 Å². The van der Waals surface area contributed by atoms with Gasteiger partial charge in [0.2, 0.25) is 0 Å². The van der Waals surface area contributed by atoms with Crippen LogP contribution in [0.4, 0.5) is 14.5 Å². The summed E-state index contributed by atoms with van der Waals surface area (Å²) in [5, 5.41) is 0. The monoisotopic (exact) mass is 339 g/mol. The molecule has 1 heterocycles. The van der Waals surface area contributed by atoms with Gasteiger partial charge in [0.25, 0.3) is 0 Å². The molecule has 3 rings (SSSR count). The molecule has 0 spiro atoms. The maximum Gasteiger partial charge on any atom is 0.160 e. The van der Waals surface area contributed by atoms with Gasteiger partial charge in [0.05, 0.1) is 11.4 Å². The Kier molecular flexibility index (Phi) is 5.12. The Hall–Kier alpha value is -2.29. The van der Waals surface area contributed by atoms with Gasteiger partial charge in [-0.15, -0.1) is 0 Å². The molecule has 3 heteroatoms. The van der Waals surface area contributed by atoms with Gasteiger partial charge in [-0.05, 0) is 62.3 Å². The van der Waals surface area contributed by atoms with E-state index in [2.05, 4.69) is 17.6 Å². The molecule has 1 saturated carbocycles. The van der Waals surface area contributed by atoms with Crippen LogP contribution >= 0.6 is 0 Å². The molecule has 1 aliphatic carbocycles. The molecule has 0 aromatic heterocycles. The van der Waals surface area contributed by atoms with E-state index in [-0.39, 0.29) is 0 Å². The Labute approximate surface area is 148 Å². The van der Waals surface area contributed by atoms with E-state index in [0.717, 1.165) is 35.3 Å². The van der Waals surface area contributed by atoms with Crippen LogP contribution in [0.15, 0.2) is 64.7 Å². The van der Waals surface area contributed by atoms with Crippen molar-refractivity contribution in [1.82, 2.24) is 0 Å². The lowest BCUT2D eigenvalue weighted by atomic mass is 9.77. The summed E-state index contributed by atoms with van der Waals surface area (Å²) in [6.45, 7) is 7.73. The molecule has 0 amide bonds. The van der Waals surface area contributed by atoms with E-state index in [9.17, 15) is 8.78 Å². The van der Waals surface area contributed by atoms with Crippen LogP contribution in [0.25, 0.3) is 0 Å². The highest BCUT2D eigenvalue weighted by Crippen LogP contribution is 2.38. The van der Waals surface area contributed by atoms with Crippen molar-refractivity contribution in [3.8, 4) is 0 Å². The molecular formula is C22H23F2N. The van der Waals surface area contributed by atoms with E-state index in [1.165, 1.54) is 24.1 Å².